The summed E-state index contributed by atoms with van der Waals surface area (Å²) in [6.45, 7) is 0. The van der Waals surface area contributed by atoms with E-state index in [1.54, 1.807) is 0 Å². The minimum absolute atomic E-state index is 0.603. The number of hydrogen-bond donors (Lipinski definition) is 0. The first kappa shape index (κ1) is 29.1. The standard InChI is InChI=1S/C47H27N3OS/c1-2-11-28(12-3-1)45-48-46(50-47(49-45)38-27-31-13-4-5-14-32(31)33-15-6-7-16-34(33)38)36-18-10-19-41-44(36)39-26-29(21-23-40(39)51-41)30-22-24-43-37(25-30)35-17-8-9-20-42(35)52-43/h1-27H. The zero-order chi connectivity index (χ0) is 34.2. The molecule has 0 amide bonds. The van der Waals surface area contributed by atoms with Crippen LogP contribution in [0.5, 0.6) is 0 Å². The Morgan fingerprint density at radius 3 is 1.88 bits per heavy atom. The van der Waals surface area contributed by atoms with Gasteiger partial charge in [-0.2, -0.15) is 0 Å². The average Bonchev–Trinajstić information content (AvgIpc) is 3.78. The lowest BCUT2D eigenvalue weighted by molar-refractivity contribution is 0.669. The van der Waals surface area contributed by atoms with Crippen molar-refractivity contribution in [2.75, 3.05) is 0 Å². The van der Waals surface area contributed by atoms with E-state index in [0.717, 1.165) is 55.0 Å². The van der Waals surface area contributed by atoms with Crippen molar-refractivity contribution in [2.45, 2.75) is 0 Å². The van der Waals surface area contributed by atoms with Crippen LogP contribution in [0.25, 0.3) is 109 Å². The molecule has 11 aromatic rings. The van der Waals surface area contributed by atoms with Gasteiger partial charge < -0.3 is 4.42 Å². The average molecular weight is 682 g/mol. The van der Waals surface area contributed by atoms with Crippen molar-refractivity contribution in [3.63, 3.8) is 0 Å². The fourth-order valence-electron chi connectivity index (χ4n) is 7.67. The molecule has 0 atom stereocenters. The van der Waals surface area contributed by atoms with E-state index in [-0.39, 0.29) is 0 Å². The first-order valence-electron chi connectivity index (χ1n) is 17.3. The maximum absolute atomic E-state index is 6.49. The molecule has 4 nitrogen and oxygen atoms in total. The van der Waals surface area contributed by atoms with Crippen LogP contribution in [0, 0.1) is 0 Å². The Balaban J connectivity index is 1.15. The third-order valence-corrected chi connectivity index (χ3v) is 11.3. The Labute approximate surface area is 302 Å². The maximum atomic E-state index is 6.49. The van der Waals surface area contributed by atoms with Crippen LogP contribution in [0.1, 0.15) is 0 Å². The van der Waals surface area contributed by atoms with Crippen LogP contribution in [0.15, 0.2) is 168 Å². The van der Waals surface area contributed by atoms with E-state index in [1.165, 1.54) is 36.5 Å². The smallest absolute Gasteiger partial charge is 0.164 e. The lowest BCUT2D eigenvalue weighted by Gasteiger charge is -2.12. The molecule has 0 saturated heterocycles. The number of thiophene rings is 1. The molecule has 0 saturated carbocycles. The highest BCUT2D eigenvalue weighted by Crippen LogP contribution is 2.41. The molecule has 8 aromatic carbocycles. The van der Waals surface area contributed by atoms with E-state index in [9.17, 15) is 0 Å². The minimum atomic E-state index is 0.603. The van der Waals surface area contributed by atoms with Crippen LogP contribution in [-0.2, 0) is 0 Å². The zero-order valence-electron chi connectivity index (χ0n) is 27.7. The molecule has 0 spiro atoms. The topological polar surface area (TPSA) is 51.8 Å². The van der Waals surface area contributed by atoms with Gasteiger partial charge in [0.05, 0.1) is 0 Å². The van der Waals surface area contributed by atoms with Gasteiger partial charge in [0.15, 0.2) is 17.5 Å². The normalized spacial score (nSPS) is 11.8. The number of hydrogen-bond acceptors (Lipinski definition) is 5. The van der Waals surface area contributed by atoms with Crippen LogP contribution in [-0.4, -0.2) is 15.0 Å². The number of rotatable bonds is 4. The first-order valence-corrected chi connectivity index (χ1v) is 18.2. The molecule has 242 valence electrons. The molecule has 0 bridgehead atoms. The zero-order valence-corrected chi connectivity index (χ0v) is 28.6. The lowest BCUT2D eigenvalue weighted by Crippen LogP contribution is -2.01. The highest BCUT2D eigenvalue weighted by molar-refractivity contribution is 7.25. The van der Waals surface area contributed by atoms with Gasteiger partial charge in [0.1, 0.15) is 11.2 Å². The molecule has 0 radical (unpaired) electrons. The molecule has 0 unspecified atom stereocenters. The van der Waals surface area contributed by atoms with E-state index in [4.69, 9.17) is 19.4 Å². The van der Waals surface area contributed by atoms with Gasteiger partial charge in [0, 0.05) is 47.6 Å². The molecular weight excluding hydrogens is 655 g/mol. The molecular formula is C47H27N3OS. The van der Waals surface area contributed by atoms with Gasteiger partial charge in [0.25, 0.3) is 0 Å². The highest BCUT2D eigenvalue weighted by Gasteiger charge is 2.20. The van der Waals surface area contributed by atoms with Crippen molar-refractivity contribution in [3.05, 3.63) is 164 Å². The van der Waals surface area contributed by atoms with Gasteiger partial charge in [-0.1, -0.05) is 121 Å². The fraction of sp³-hybridized carbons (Fsp3) is 0. The third-order valence-electron chi connectivity index (χ3n) is 10.1. The van der Waals surface area contributed by atoms with E-state index >= 15 is 0 Å². The van der Waals surface area contributed by atoms with Crippen molar-refractivity contribution in [1.82, 2.24) is 15.0 Å². The quantitative estimate of drug-likeness (QED) is 0.174. The summed E-state index contributed by atoms with van der Waals surface area (Å²) in [7, 11) is 0. The summed E-state index contributed by atoms with van der Waals surface area (Å²) in [6, 6.07) is 57.4. The molecule has 3 heterocycles. The summed E-state index contributed by atoms with van der Waals surface area (Å²) < 4.78 is 9.08. The molecule has 11 rings (SSSR count). The molecule has 52 heavy (non-hydrogen) atoms. The van der Waals surface area contributed by atoms with Gasteiger partial charge in [-0.3, -0.25) is 0 Å². The van der Waals surface area contributed by atoms with E-state index in [2.05, 4.69) is 133 Å². The third kappa shape index (κ3) is 4.57. The van der Waals surface area contributed by atoms with Gasteiger partial charge in [-0.25, -0.2) is 15.0 Å². The second-order valence-corrected chi connectivity index (χ2v) is 14.2. The summed E-state index contributed by atoms with van der Waals surface area (Å²) >= 11 is 1.84. The summed E-state index contributed by atoms with van der Waals surface area (Å²) in [4.78, 5) is 15.6. The molecule has 3 aromatic heterocycles. The Morgan fingerprint density at radius 1 is 0.365 bits per heavy atom. The Kier molecular flexibility index (Phi) is 6.39. The van der Waals surface area contributed by atoms with Gasteiger partial charge in [0.2, 0.25) is 0 Å². The highest BCUT2D eigenvalue weighted by atomic mass is 32.1. The van der Waals surface area contributed by atoms with Crippen LogP contribution < -0.4 is 0 Å². The number of nitrogens with zero attached hydrogens (tertiary/aromatic N) is 3. The summed E-state index contributed by atoms with van der Waals surface area (Å²) in [5.74, 6) is 1.86. The molecule has 0 aliphatic rings. The second kappa shape index (κ2) is 11.4. The molecule has 0 aliphatic carbocycles. The second-order valence-electron chi connectivity index (χ2n) is 13.2. The van der Waals surface area contributed by atoms with Crippen molar-refractivity contribution in [3.8, 4) is 45.3 Å². The summed E-state index contributed by atoms with van der Waals surface area (Å²) in [5.41, 5.74) is 6.72. The summed E-state index contributed by atoms with van der Waals surface area (Å²) in [6.07, 6.45) is 0. The SMILES string of the molecule is c1ccc(-c2nc(-c3cc4ccccc4c4ccccc34)nc(-c3cccc4oc5ccc(-c6ccc7sc8ccccc8c7c6)cc5c34)n2)cc1. The predicted octanol–water partition coefficient (Wildman–Crippen LogP) is 13.1. The summed E-state index contributed by atoms with van der Waals surface area (Å²) in [5, 5.41) is 9.20. The van der Waals surface area contributed by atoms with Crippen LogP contribution >= 0.6 is 11.3 Å². The molecule has 0 fully saturated rings. The van der Waals surface area contributed by atoms with Crippen LogP contribution in [0.4, 0.5) is 0 Å². The van der Waals surface area contributed by atoms with Crippen molar-refractivity contribution in [2.24, 2.45) is 0 Å². The monoisotopic (exact) mass is 681 g/mol. The number of furan rings is 1. The first-order chi connectivity index (χ1) is 25.7. The van der Waals surface area contributed by atoms with Crippen molar-refractivity contribution < 1.29 is 4.42 Å². The fourth-order valence-corrected chi connectivity index (χ4v) is 8.76. The Morgan fingerprint density at radius 2 is 1.02 bits per heavy atom. The van der Waals surface area contributed by atoms with Gasteiger partial charge >= 0.3 is 0 Å². The largest absolute Gasteiger partial charge is 0.456 e. The van der Waals surface area contributed by atoms with E-state index < -0.39 is 0 Å². The van der Waals surface area contributed by atoms with Crippen LogP contribution in [0.3, 0.4) is 0 Å². The number of benzene rings is 8. The van der Waals surface area contributed by atoms with Gasteiger partial charge in [-0.05, 0) is 75.1 Å². The molecule has 0 aliphatic heterocycles. The maximum Gasteiger partial charge on any atom is 0.164 e. The van der Waals surface area contributed by atoms with E-state index in [1.807, 2.05) is 41.7 Å². The Bertz CT molecular complexity index is 3200. The molecule has 0 N–H and O–H groups in total. The number of aromatic nitrogens is 3. The van der Waals surface area contributed by atoms with Crippen molar-refractivity contribution >= 4 is 75.0 Å². The van der Waals surface area contributed by atoms with Crippen molar-refractivity contribution in [1.29, 1.82) is 0 Å². The minimum Gasteiger partial charge on any atom is -0.456 e. The lowest BCUT2D eigenvalue weighted by atomic mass is 9.96. The van der Waals surface area contributed by atoms with Gasteiger partial charge in [-0.15, -0.1) is 11.3 Å². The van der Waals surface area contributed by atoms with E-state index in [0.29, 0.717) is 17.5 Å². The van der Waals surface area contributed by atoms with Crippen LogP contribution in [0.2, 0.25) is 0 Å². The number of fused-ring (bicyclic) bond motifs is 9. The predicted molar refractivity (Wildman–Crippen MR) is 217 cm³/mol. The Hall–Kier alpha value is -6.69. The molecule has 5 heteroatoms.